The van der Waals surface area contributed by atoms with Crippen LogP contribution in [0.3, 0.4) is 0 Å². The number of nitriles is 1. The van der Waals surface area contributed by atoms with Crippen LogP contribution in [-0.2, 0) is 4.79 Å². The van der Waals surface area contributed by atoms with E-state index in [0.717, 1.165) is 26.2 Å². The monoisotopic (exact) mass is 477 g/mol. The number of aliphatic hydroxyl groups is 1. The summed E-state index contributed by atoms with van der Waals surface area (Å²) in [7, 11) is 0. The fourth-order valence-electron chi connectivity index (χ4n) is 6.60. The highest BCUT2D eigenvalue weighted by Gasteiger charge is 2.61. The van der Waals surface area contributed by atoms with Gasteiger partial charge in [-0.15, -0.1) is 0 Å². The molecule has 3 aliphatic carbocycles. The molecule has 5 rings (SSSR count). The van der Waals surface area contributed by atoms with E-state index in [1.807, 2.05) is 6.08 Å². The molecule has 5 aliphatic rings. The van der Waals surface area contributed by atoms with Crippen LogP contribution in [0.1, 0.15) is 34.1 Å². The number of allylic oxidation sites excluding steroid dienone is 4. The number of nitrogens with zero attached hydrogens (tertiary/aromatic N) is 5. The van der Waals surface area contributed by atoms with Crippen LogP contribution in [-0.4, -0.2) is 87.7 Å². The maximum absolute atomic E-state index is 12.6. The molecule has 35 heavy (non-hydrogen) atoms. The fraction of sp³-hybridized carbons (Fsp3) is 0.593. The third-order valence-electron chi connectivity index (χ3n) is 8.89. The van der Waals surface area contributed by atoms with Gasteiger partial charge in [0.25, 0.3) is 0 Å². The number of urea groups is 1. The van der Waals surface area contributed by atoms with E-state index in [0.29, 0.717) is 24.7 Å². The Balaban J connectivity index is 1.22. The summed E-state index contributed by atoms with van der Waals surface area (Å²) in [6, 6.07) is 1.95. The Morgan fingerprint density at radius 1 is 1.17 bits per heavy atom. The van der Waals surface area contributed by atoms with E-state index in [2.05, 4.69) is 42.7 Å². The molecule has 1 saturated carbocycles. The van der Waals surface area contributed by atoms with Crippen molar-refractivity contribution in [1.29, 1.82) is 5.26 Å². The molecule has 1 N–H and O–H groups in total. The fourth-order valence-corrected chi connectivity index (χ4v) is 6.60. The molecule has 0 radical (unpaired) electrons. The Morgan fingerprint density at radius 3 is 2.51 bits per heavy atom. The predicted molar refractivity (Wildman–Crippen MR) is 131 cm³/mol. The van der Waals surface area contributed by atoms with Crippen LogP contribution >= 0.6 is 0 Å². The molecule has 2 aliphatic heterocycles. The normalized spacial score (nSPS) is 34.4. The molecule has 8 heteroatoms. The van der Waals surface area contributed by atoms with Gasteiger partial charge >= 0.3 is 6.03 Å². The first-order chi connectivity index (χ1) is 16.7. The minimum atomic E-state index is -0.766. The third-order valence-corrected chi connectivity index (χ3v) is 8.89. The molecule has 0 aromatic rings. The lowest BCUT2D eigenvalue weighted by Gasteiger charge is -2.44. The van der Waals surface area contributed by atoms with Crippen molar-refractivity contribution in [1.82, 2.24) is 19.6 Å². The summed E-state index contributed by atoms with van der Waals surface area (Å²) in [4.78, 5) is 31.6. The number of hydrogen-bond acceptors (Lipinski definition) is 6. The second kappa shape index (κ2) is 8.74. The van der Waals surface area contributed by atoms with Crippen LogP contribution in [0.4, 0.5) is 4.79 Å². The van der Waals surface area contributed by atoms with Crippen molar-refractivity contribution in [2.24, 2.45) is 17.8 Å². The molecule has 0 aromatic heterocycles. The first-order valence-electron chi connectivity index (χ1n) is 12.6. The molecule has 3 amide bonds. The lowest BCUT2D eigenvalue weighted by molar-refractivity contribution is -0.125. The Morgan fingerprint density at radius 2 is 1.89 bits per heavy atom. The van der Waals surface area contributed by atoms with E-state index >= 15 is 0 Å². The zero-order valence-corrected chi connectivity index (χ0v) is 21.1. The van der Waals surface area contributed by atoms with Crippen LogP contribution < -0.4 is 0 Å². The molecule has 5 unspecified atom stereocenters. The average molecular weight is 478 g/mol. The van der Waals surface area contributed by atoms with Crippen molar-refractivity contribution >= 4 is 11.9 Å². The zero-order chi connectivity index (χ0) is 25.1. The molecule has 2 saturated heterocycles. The molecule has 2 heterocycles. The first-order valence-corrected chi connectivity index (χ1v) is 12.6. The predicted octanol–water partition coefficient (Wildman–Crippen LogP) is 2.47. The van der Waals surface area contributed by atoms with Crippen molar-refractivity contribution in [2.75, 3.05) is 39.3 Å². The van der Waals surface area contributed by atoms with Gasteiger partial charge in [0.1, 0.15) is 6.23 Å². The Bertz CT molecular complexity index is 1110. The van der Waals surface area contributed by atoms with Crippen molar-refractivity contribution in [2.45, 2.75) is 45.9 Å². The van der Waals surface area contributed by atoms with Crippen molar-refractivity contribution in [3.63, 3.8) is 0 Å². The van der Waals surface area contributed by atoms with Crippen LogP contribution in [0.5, 0.6) is 0 Å². The van der Waals surface area contributed by atoms with Gasteiger partial charge in [-0.05, 0) is 39.3 Å². The summed E-state index contributed by atoms with van der Waals surface area (Å²) in [5, 5.41) is 21.1. The summed E-state index contributed by atoms with van der Waals surface area (Å²) < 4.78 is 0. The van der Waals surface area contributed by atoms with Crippen molar-refractivity contribution in [3.05, 3.63) is 46.7 Å². The second-order valence-corrected chi connectivity index (χ2v) is 10.6. The minimum absolute atomic E-state index is 0.161. The van der Waals surface area contributed by atoms with Crippen molar-refractivity contribution < 1.29 is 14.7 Å². The zero-order valence-electron chi connectivity index (χ0n) is 21.1. The molecule has 8 nitrogen and oxygen atoms in total. The van der Waals surface area contributed by atoms with E-state index in [4.69, 9.17) is 0 Å². The number of piperazine rings is 1. The van der Waals surface area contributed by atoms with Crippen LogP contribution in [0.25, 0.3) is 0 Å². The maximum atomic E-state index is 12.6. The van der Waals surface area contributed by atoms with Crippen LogP contribution in [0, 0.1) is 29.1 Å². The lowest BCUT2D eigenvalue weighted by Crippen LogP contribution is -2.57. The summed E-state index contributed by atoms with van der Waals surface area (Å²) in [6.45, 7) is 12.1. The topological polar surface area (TPSA) is 91.1 Å². The number of rotatable bonds is 4. The molecular weight excluding hydrogens is 442 g/mol. The van der Waals surface area contributed by atoms with E-state index in [1.165, 1.54) is 39.9 Å². The van der Waals surface area contributed by atoms with Crippen molar-refractivity contribution in [3.8, 4) is 6.07 Å². The summed E-state index contributed by atoms with van der Waals surface area (Å²) >= 11 is 0. The highest BCUT2D eigenvalue weighted by Crippen LogP contribution is 2.60. The maximum Gasteiger partial charge on any atom is 0.331 e. The Labute approximate surface area is 207 Å². The molecule has 3 fully saturated rings. The average Bonchev–Trinajstić information content (AvgIpc) is 3.51. The Kier molecular flexibility index (Phi) is 5.99. The lowest BCUT2D eigenvalue weighted by atomic mass is 9.85. The number of aliphatic hydroxyl groups excluding tert-OH is 1. The second-order valence-electron chi connectivity index (χ2n) is 10.6. The standard InChI is InChI=1S/C27H35N5O3/c1-17-13-18(2)27(15-24(27)19(17)3)30-9-7-29(8-10-30)25(34)23-6-5-22(14-21(23)16-28)32-12-11-31(20(4)33)26(32)35/h5-6,13-14,21,23-25,34H,7-12,15H2,1-4H3. The first kappa shape index (κ1) is 24.0. The minimum Gasteiger partial charge on any atom is -0.378 e. The van der Waals surface area contributed by atoms with E-state index in [9.17, 15) is 20.0 Å². The largest absolute Gasteiger partial charge is 0.378 e. The van der Waals surface area contributed by atoms with Crippen LogP contribution in [0.15, 0.2) is 46.7 Å². The summed E-state index contributed by atoms with van der Waals surface area (Å²) in [5.41, 5.74) is 5.15. The van der Waals surface area contributed by atoms with Gasteiger partial charge in [-0.2, -0.15) is 5.26 Å². The number of imide groups is 1. The van der Waals surface area contributed by atoms with Gasteiger partial charge in [0.05, 0.1) is 12.0 Å². The Hall–Kier alpha value is -2.73. The van der Waals surface area contributed by atoms with Crippen LogP contribution in [0.2, 0.25) is 0 Å². The van der Waals surface area contributed by atoms with Gasteiger partial charge in [-0.3, -0.25) is 24.4 Å². The number of carbonyl (C=O) groups excluding carboxylic acids is 2. The highest BCUT2D eigenvalue weighted by atomic mass is 16.3. The number of fused-ring (bicyclic) bond motifs is 1. The molecule has 5 atom stereocenters. The van der Waals surface area contributed by atoms with E-state index in [1.54, 1.807) is 12.2 Å². The molecular formula is C27H35N5O3. The summed E-state index contributed by atoms with van der Waals surface area (Å²) in [6.07, 6.45) is 8.18. The van der Waals surface area contributed by atoms with Gasteiger partial charge in [0.15, 0.2) is 0 Å². The van der Waals surface area contributed by atoms with Gasteiger partial charge < -0.3 is 5.11 Å². The molecule has 0 spiro atoms. The van der Waals surface area contributed by atoms with Gasteiger partial charge in [0.2, 0.25) is 5.91 Å². The quantitative estimate of drug-likeness (QED) is 0.669. The molecule has 0 aromatic carbocycles. The van der Waals surface area contributed by atoms with Gasteiger partial charge in [0, 0.05) is 69.3 Å². The third kappa shape index (κ3) is 3.77. The van der Waals surface area contributed by atoms with Gasteiger partial charge in [-0.1, -0.05) is 28.9 Å². The highest BCUT2D eigenvalue weighted by molar-refractivity contribution is 5.95. The number of carbonyl (C=O) groups is 2. The number of hydrogen-bond donors (Lipinski definition) is 1. The van der Waals surface area contributed by atoms with Gasteiger partial charge in [-0.25, -0.2) is 4.79 Å². The summed E-state index contributed by atoms with van der Waals surface area (Å²) in [5.74, 6) is -0.579. The van der Waals surface area contributed by atoms with E-state index in [-0.39, 0.29) is 23.4 Å². The number of amides is 3. The molecule has 186 valence electrons. The SMILES string of the molecule is CC(=O)N1CCN(C2=CC(C#N)C(C(O)N3CCN(C45CC4C(C)=C(C)C=C5C)CC3)C=C2)C1=O. The molecule has 0 bridgehead atoms. The van der Waals surface area contributed by atoms with E-state index < -0.39 is 12.1 Å². The smallest absolute Gasteiger partial charge is 0.331 e.